The molecule has 2 aromatic rings. The molecule has 0 unspecified atom stereocenters. The quantitative estimate of drug-likeness (QED) is 0.528. The molecule has 0 saturated carbocycles. The summed E-state index contributed by atoms with van der Waals surface area (Å²) >= 11 is 5.98. The minimum absolute atomic E-state index is 0.103. The third-order valence-electron chi connectivity index (χ3n) is 3.56. The van der Waals surface area contributed by atoms with Gasteiger partial charge in [0.25, 0.3) is 15.9 Å². The second-order valence-corrected chi connectivity index (χ2v) is 7.73. The van der Waals surface area contributed by atoms with E-state index in [0.717, 1.165) is 0 Å². The number of hydrogen-bond donors (Lipinski definition) is 3. The number of anilines is 1. The summed E-state index contributed by atoms with van der Waals surface area (Å²) in [5.41, 5.74) is 0.332. The van der Waals surface area contributed by atoms with Gasteiger partial charge in [0.2, 0.25) is 5.91 Å². The molecule has 0 saturated heterocycles. The van der Waals surface area contributed by atoms with Crippen molar-refractivity contribution in [3.05, 3.63) is 59.1 Å². The van der Waals surface area contributed by atoms with Crippen molar-refractivity contribution >= 4 is 39.1 Å². The van der Waals surface area contributed by atoms with E-state index in [-0.39, 0.29) is 33.6 Å². The van der Waals surface area contributed by atoms with Crippen LogP contribution in [-0.4, -0.2) is 47.0 Å². The number of methoxy groups -OCH3 is 1. The summed E-state index contributed by atoms with van der Waals surface area (Å²) in [5.74, 6) is -0.953. The largest absolute Gasteiger partial charge is 0.383 e. The summed E-state index contributed by atoms with van der Waals surface area (Å²) in [6, 6.07) is 11.9. The minimum atomic E-state index is -3.95. The van der Waals surface area contributed by atoms with E-state index in [9.17, 15) is 18.0 Å². The number of benzene rings is 2. The van der Waals surface area contributed by atoms with Gasteiger partial charge in [-0.2, -0.15) is 0 Å². The highest BCUT2D eigenvalue weighted by atomic mass is 35.5. The van der Waals surface area contributed by atoms with Crippen molar-refractivity contribution in [2.75, 3.05) is 31.5 Å². The van der Waals surface area contributed by atoms with Gasteiger partial charge in [-0.15, -0.1) is 0 Å². The van der Waals surface area contributed by atoms with Gasteiger partial charge in [0.15, 0.2) is 0 Å². The molecule has 0 aliphatic rings. The van der Waals surface area contributed by atoms with E-state index in [1.54, 1.807) is 18.2 Å². The first-order chi connectivity index (χ1) is 13.3. The van der Waals surface area contributed by atoms with Gasteiger partial charge >= 0.3 is 0 Å². The first-order valence-electron chi connectivity index (χ1n) is 8.25. The van der Waals surface area contributed by atoms with Crippen LogP contribution in [0.5, 0.6) is 0 Å². The van der Waals surface area contributed by atoms with Gasteiger partial charge < -0.3 is 15.4 Å². The van der Waals surface area contributed by atoms with Gasteiger partial charge in [-0.05, 0) is 30.3 Å². The Balaban J connectivity index is 2.05. The normalized spacial score (nSPS) is 10.9. The average Bonchev–Trinajstić information content (AvgIpc) is 2.68. The van der Waals surface area contributed by atoms with Gasteiger partial charge in [-0.3, -0.25) is 14.3 Å². The van der Waals surface area contributed by atoms with Crippen LogP contribution in [0.1, 0.15) is 10.4 Å². The number of para-hydroxylation sites is 1. The van der Waals surface area contributed by atoms with Crippen LogP contribution in [0, 0.1) is 0 Å². The van der Waals surface area contributed by atoms with Crippen molar-refractivity contribution < 1.29 is 22.7 Å². The molecule has 150 valence electrons. The monoisotopic (exact) mass is 425 g/mol. The summed E-state index contributed by atoms with van der Waals surface area (Å²) in [4.78, 5) is 23.7. The molecule has 0 spiro atoms. The molecule has 2 amide bonds. The third kappa shape index (κ3) is 6.22. The SMILES string of the molecule is COCCNC(=O)CNC(=O)c1cccc(S(=O)(=O)Nc2ccccc2Cl)c1. The van der Waals surface area contributed by atoms with Crippen LogP contribution in [-0.2, 0) is 19.6 Å². The highest BCUT2D eigenvalue weighted by Crippen LogP contribution is 2.24. The van der Waals surface area contributed by atoms with Crippen molar-refractivity contribution in [3.8, 4) is 0 Å². The zero-order chi connectivity index (χ0) is 20.6. The number of hydrogen-bond acceptors (Lipinski definition) is 5. The Morgan fingerprint density at radius 2 is 1.82 bits per heavy atom. The lowest BCUT2D eigenvalue weighted by molar-refractivity contribution is -0.120. The molecule has 10 heteroatoms. The highest BCUT2D eigenvalue weighted by Gasteiger charge is 2.18. The molecular weight excluding hydrogens is 406 g/mol. The second-order valence-electron chi connectivity index (χ2n) is 5.64. The Kier molecular flexibility index (Phi) is 7.80. The fourth-order valence-electron chi connectivity index (χ4n) is 2.17. The molecule has 0 aliphatic carbocycles. The maximum Gasteiger partial charge on any atom is 0.261 e. The molecule has 0 aliphatic heterocycles. The zero-order valence-electron chi connectivity index (χ0n) is 15.1. The van der Waals surface area contributed by atoms with Crippen molar-refractivity contribution in [1.82, 2.24) is 10.6 Å². The van der Waals surface area contributed by atoms with E-state index >= 15 is 0 Å². The fraction of sp³-hybridized carbons (Fsp3) is 0.222. The number of sulfonamides is 1. The van der Waals surface area contributed by atoms with E-state index in [1.807, 2.05) is 0 Å². The molecule has 8 nitrogen and oxygen atoms in total. The number of amides is 2. The minimum Gasteiger partial charge on any atom is -0.383 e. The van der Waals surface area contributed by atoms with Gasteiger partial charge in [-0.1, -0.05) is 29.8 Å². The molecule has 0 heterocycles. The molecule has 0 radical (unpaired) electrons. The molecule has 2 aromatic carbocycles. The predicted octanol–water partition coefficient (Wildman–Crippen LogP) is 1.63. The molecular formula is C18H20ClN3O5S. The number of carbonyl (C=O) groups is 2. The number of halogens is 1. The molecule has 2 rings (SSSR count). The topological polar surface area (TPSA) is 114 Å². The van der Waals surface area contributed by atoms with Crippen LogP contribution >= 0.6 is 11.6 Å². The Bertz CT molecular complexity index is 950. The summed E-state index contributed by atoms with van der Waals surface area (Å²) in [6.45, 7) is 0.446. The van der Waals surface area contributed by atoms with Crippen LogP contribution in [0.15, 0.2) is 53.4 Å². The maximum absolute atomic E-state index is 12.6. The van der Waals surface area contributed by atoms with Gasteiger partial charge in [0.05, 0.1) is 28.8 Å². The molecule has 0 aromatic heterocycles. The van der Waals surface area contributed by atoms with E-state index in [1.165, 1.54) is 37.4 Å². The average molecular weight is 426 g/mol. The number of ether oxygens (including phenoxy) is 1. The van der Waals surface area contributed by atoms with E-state index in [0.29, 0.717) is 13.2 Å². The van der Waals surface area contributed by atoms with Crippen LogP contribution in [0.3, 0.4) is 0 Å². The number of nitrogens with one attached hydrogen (secondary N) is 3. The standard InChI is InChI=1S/C18H20ClN3O5S/c1-27-10-9-20-17(23)12-21-18(24)13-5-4-6-14(11-13)28(25,26)22-16-8-3-2-7-15(16)19/h2-8,11,22H,9-10,12H2,1H3,(H,20,23)(H,21,24). The van der Waals surface area contributed by atoms with Crippen molar-refractivity contribution in [2.24, 2.45) is 0 Å². The summed E-state index contributed by atoms with van der Waals surface area (Å²) in [5, 5.41) is 5.25. The summed E-state index contributed by atoms with van der Waals surface area (Å²) in [6.07, 6.45) is 0. The lowest BCUT2D eigenvalue weighted by Crippen LogP contribution is -2.38. The smallest absolute Gasteiger partial charge is 0.261 e. The third-order valence-corrected chi connectivity index (χ3v) is 5.26. The Labute approximate surface area is 168 Å². The Hall–Kier alpha value is -2.62. The molecule has 28 heavy (non-hydrogen) atoms. The molecule has 0 atom stereocenters. The lowest BCUT2D eigenvalue weighted by Gasteiger charge is -2.11. The fourth-order valence-corrected chi connectivity index (χ4v) is 3.53. The Morgan fingerprint density at radius 3 is 2.54 bits per heavy atom. The van der Waals surface area contributed by atoms with Crippen molar-refractivity contribution in [1.29, 1.82) is 0 Å². The van der Waals surface area contributed by atoms with Gasteiger partial charge in [0.1, 0.15) is 0 Å². The number of carbonyl (C=O) groups excluding carboxylic acids is 2. The molecule has 0 fully saturated rings. The van der Waals surface area contributed by atoms with Gasteiger partial charge in [-0.25, -0.2) is 8.42 Å². The van der Waals surface area contributed by atoms with Crippen LogP contribution < -0.4 is 15.4 Å². The molecule has 0 bridgehead atoms. The second kappa shape index (κ2) is 10.1. The van der Waals surface area contributed by atoms with Crippen LogP contribution in [0.4, 0.5) is 5.69 Å². The van der Waals surface area contributed by atoms with E-state index < -0.39 is 15.9 Å². The maximum atomic E-state index is 12.6. The highest BCUT2D eigenvalue weighted by molar-refractivity contribution is 7.92. The van der Waals surface area contributed by atoms with Crippen molar-refractivity contribution in [2.45, 2.75) is 4.90 Å². The first kappa shape index (κ1) is 21.7. The first-order valence-corrected chi connectivity index (χ1v) is 10.1. The zero-order valence-corrected chi connectivity index (χ0v) is 16.6. The number of rotatable bonds is 9. The van der Waals surface area contributed by atoms with E-state index in [2.05, 4.69) is 15.4 Å². The molecule has 3 N–H and O–H groups in total. The summed E-state index contributed by atoms with van der Waals surface area (Å²) < 4.78 is 32.3. The van der Waals surface area contributed by atoms with Gasteiger partial charge in [0, 0.05) is 19.2 Å². The Morgan fingerprint density at radius 1 is 1.07 bits per heavy atom. The summed E-state index contributed by atoms with van der Waals surface area (Å²) in [7, 11) is -2.44. The lowest BCUT2D eigenvalue weighted by atomic mass is 10.2. The van der Waals surface area contributed by atoms with Crippen molar-refractivity contribution in [3.63, 3.8) is 0 Å². The van der Waals surface area contributed by atoms with E-state index in [4.69, 9.17) is 16.3 Å². The predicted molar refractivity (Wildman–Crippen MR) is 106 cm³/mol. The van der Waals surface area contributed by atoms with Crippen LogP contribution in [0.2, 0.25) is 5.02 Å². The van der Waals surface area contributed by atoms with Crippen LogP contribution in [0.25, 0.3) is 0 Å².